The SMILES string of the molecule is O[C@@H]1C[C@H]2NCCC[C@@H]12. The van der Waals surface area contributed by atoms with Crippen molar-refractivity contribution < 1.29 is 5.11 Å². The van der Waals surface area contributed by atoms with Gasteiger partial charge >= 0.3 is 0 Å². The minimum absolute atomic E-state index is 0.0165. The van der Waals surface area contributed by atoms with Crippen molar-refractivity contribution in [2.24, 2.45) is 5.92 Å². The Balaban J connectivity index is 1.94. The summed E-state index contributed by atoms with van der Waals surface area (Å²) in [6.45, 7) is 1.16. The lowest BCUT2D eigenvalue weighted by Crippen LogP contribution is -2.56. The first-order chi connectivity index (χ1) is 4.38. The number of hydrogen-bond acceptors (Lipinski definition) is 2. The van der Waals surface area contributed by atoms with E-state index in [4.69, 9.17) is 0 Å². The summed E-state index contributed by atoms with van der Waals surface area (Å²) >= 11 is 0. The smallest absolute Gasteiger partial charge is 0.0598 e. The fraction of sp³-hybridized carbons (Fsp3) is 1.00. The molecule has 0 aromatic rings. The number of aliphatic hydroxyl groups excluding tert-OH is 1. The Morgan fingerprint density at radius 3 is 2.89 bits per heavy atom. The molecule has 1 saturated carbocycles. The van der Waals surface area contributed by atoms with Gasteiger partial charge in [-0.25, -0.2) is 0 Å². The summed E-state index contributed by atoms with van der Waals surface area (Å²) in [4.78, 5) is 0. The molecule has 0 bridgehead atoms. The fourth-order valence-corrected chi connectivity index (χ4v) is 1.94. The van der Waals surface area contributed by atoms with Crippen LogP contribution in [-0.2, 0) is 0 Å². The van der Waals surface area contributed by atoms with Crippen LogP contribution in [0.2, 0.25) is 0 Å². The third-order valence-electron chi connectivity index (χ3n) is 2.63. The largest absolute Gasteiger partial charge is 0.393 e. The van der Waals surface area contributed by atoms with E-state index in [1.165, 1.54) is 12.8 Å². The van der Waals surface area contributed by atoms with Gasteiger partial charge in [0.25, 0.3) is 0 Å². The second kappa shape index (κ2) is 1.96. The molecule has 1 saturated heterocycles. The van der Waals surface area contributed by atoms with Crippen molar-refractivity contribution in [2.45, 2.75) is 31.4 Å². The Morgan fingerprint density at radius 1 is 1.44 bits per heavy atom. The number of aliphatic hydroxyl groups is 1. The number of rotatable bonds is 0. The van der Waals surface area contributed by atoms with Crippen LogP contribution in [0, 0.1) is 5.92 Å². The maximum atomic E-state index is 9.20. The number of fused-ring (bicyclic) bond motifs is 1. The summed E-state index contributed by atoms with van der Waals surface area (Å²) < 4.78 is 0. The highest BCUT2D eigenvalue weighted by Crippen LogP contribution is 2.34. The monoisotopic (exact) mass is 127 g/mol. The van der Waals surface area contributed by atoms with Crippen molar-refractivity contribution in [3.05, 3.63) is 0 Å². The van der Waals surface area contributed by atoms with Crippen molar-refractivity contribution in [3.63, 3.8) is 0 Å². The molecule has 2 aliphatic rings. The maximum Gasteiger partial charge on any atom is 0.0598 e. The molecule has 3 atom stereocenters. The zero-order chi connectivity index (χ0) is 6.27. The lowest BCUT2D eigenvalue weighted by atomic mass is 9.72. The number of hydrogen-bond donors (Lipinski definition) is 2. The molecule has 2 heteroatoms. The summed E-state index contributed by atoms with van der Waals surface area (Å²) in [5, 5.41) is 12.6. The lowest BCUT2D eigenvalue weighted by Gasteiger charge is -2.45. The molecule has 1 aliphatic heterocycles. The van der Waals surface area contributed by atoms with Crippen molar-refractivity contribution >= 4 is 0 Å². The van der Waals surface area contributed by atoms with E-state index < -0.39 is 0 Å². The van der Waals surface area contributed by atoms with Crippen LogP contribution in [0.25, 0.3) is 0 Å². The Hall–Kier alpha value is -0.0800. The molecule has 52 valence electrons. The van der Waals surface area contributed by atoms with Crippen LogP contribution in [-0.4, -0.2) is 23.8 Å². The zero-order valence-electron chi connectivity index (χ0n) is 5.51. The van der Waals surface area contributed by atoms with Gasteiger partial charge in [-0.2, -0.15) is 0 Å². The average molecular weight is 127 g/mol. The van der Waals surface area contributed by atoms with Crippen LogP contribution in [0.4, 0.5) is 0 Å². The van der Waals surface area contributed by atoms with E-state index in [2.05, 4.69) is 5.32 Å². The standard InChI is InChI=1S/C7H13NO/c9-7-4-6-5(7)2-1-3-8-6/h5-9H,1-4H2/t5-,6-,7-/m1/s1. The first kappa shape index (κ1) is 5.69. The van der Waals surface area contributed by atoms with E-state index in [9.17, 15) is 5.11 Å². The molecule has 1 heterocycles. The summed E-state index contributed by atoms with van der Waals surface area (Å²) in [5.41, 5.74) is 0. The third kappa shape index (κ3) is 0.775. The van der Waals surface area contributed by atoms with E-state index in [-0.39, 0.29) is 6.10 Å². The summed E-state index contributed by atoms with van der Waals surface area (Å²) in [7, 11) is 0. The van der Waals surface area contributed by atoms with Crippen LogP contribution in [0.15, 0.2) is 0 Å². The van der Waals surface area contributed by atoms with Crippen molar-refractivity contribution in [2.75, 3.05) is 6.54 Å². The second-order valence-corrected chi connectivity index (χ2v) is 3.17. The molecular formula is C7H13NO. The van der Waals surface area contributed by atoms with Gasteiger partial charge in [-0.15, -0.1) is 0 Å². The highest BCUT2D eigenvalue weighted by Gasteiger charge is 2.40. The minimum Gasteiger partial charge on any atom is -0.393 e. The van der Waals surface area contributed by atoms with Gasteiger partial charge < -0.3 is 10.4 Å². The van der Waals surface area contributed by atoms with E-state index in [1.807, 2.05) is 0 Å². The van der Waals surface area contributed by atoms with Gasteiger partial charge in [0.15, 0.2) is 0 Å². The van der Waals surface area contributed by atoms with Crippen LogP contribution in [0.5, 0.6) is 0 Å². The summed E-state index contributed by atoms with van der Waals surface area (Å²) in [5.74, 6) is 0.596. The molecule has 2 N–H and O–H groups in total. The topological polar surface area (TPSA) is 32.3 Å². The van der Waals surface area contributed by atoms with E-state index >= 15 is 0 Å². The second-order valence-electron chi connectivity index (χ2n) is 3.17. The molecular weight excluding hydrogens is 114 g/mol. The average Bonchev–Trinajstić information content (AvgIpc) is 1.86. The molecule has 0 aromatic heterocycles. The van der Waals surface area contributed by atoms with Gasteiger partial charge in [0.05, 0.1) is 6.10 Å². The molecule has 0 spiro atoms. The van der Waals surface area contributed by atoms with Crippen LogP contribution in [0.3, 0.4) is 0 Å². The van der Waals surface area contributed by atoms with E-state index in [0.29, 0.717) is 12.0 Å². The van der Waals surface area contributed by atoms with Gasteiger partial charge in [0, 0.05) is 12.0 Å². The molecule has 0 aromatic carbocycles. The van der Waals surface area contributed by atoms with Crippen molar-refractivity contribution in [3.8, 4) is 0 Å². The molecule has 0 amide bonds. The minimum atomic E-state index is 0.0165. The highest BCUT2D eigenvalue weighted by molar-refractivity contribution is 4.96. The van der Waals surface area contributed by atoms with E-state index in [0.717, 1.165) is 13.0 Å². The maximum absolute atomic E-state index is 9.20. The molecule has 2 nitrogen and oxygen atoms in total. The number of nitrogens with one attached hydrogen (secondary N) is 1. The van der Waals surface area contributed by atoms with Crippen molar-refractivity contribution in [1.82, 2.24) is 5.32 Å². The predicted molar refractivity (Wildman–Crippen MR) is 35.1 cm³/mol. The Kier molecular flexibility index (Phi) is 1.24. The van der Waals surface area contributed by atoms with Gasteiger partial charge in [0.2, 0.25) is 0 Å². The van der Waals surface area contributed by atoms with Gasteiger partial charge in [-0.3, -0.25) is 0 Å². The lowest BCUT2D eigenvalue weighted by molar-refractivity contribution is -0.0273. The molecule has 2 fully saturated rings. The van der Waals surface area contributed by atoms with Crippen LogP contribution < -0.4 is 5.32 Å². The molecule has 2 rings (SSSR count). The van der Waals surface area contributed by atoms with Gasteiger partial charge in [0.1, 0.15) is 0 Å². The molecule has 0 radical (unpaired) electrons. The normalized spacial score (nSPS) is 49.7. The first-order valence-electron chi connectivity index (χ1n) is 3.79. The third-order valence-corrected chi connectivity index (χ3v) is 2.63. The predicted octanol–water partition coefficient (Wildman–Crippen LogP) is 0.119. The van der Waals surface area contributed by atoms with Crippen LogP contribution >= 0.6 is 0 Å². The molecule has 9 heavy (non-hydrogen) atoms. The van der Waals surface area contributed by atoms with Gasteiger partial charge in [-0.1, -0.05) is 0 Å². The summed E-state index contributed by atoms with van der Waals surface area (Å²) in [6, 6.07) is 0.661. The Morgan fingerprint density at radius 2 is 2.33 bits per heavy atom. The molecule has 1 aliphatic carbocycles. The summed E-state index contributed by atoms with van der Waals surface area (Å²) in [6.07, 6.45) is 3.49. The Labute approximate surface area is 55.3 Å². The molecule has 0 unspecified atom stereocenters. The zero-order valence-corrected chi connectivity index (χ0v) is 5.51. The quantitative estimate of drug-likeness (QED) is 0.484. The van der Waals surface area contributed by atoms with Crippen molar-refractivity contribution in [1.29, 1.82) is 0 Å². The van der Waals surface area contributed by atoms with Gasteiger partial charge in [-0.05, 0) is 25.8 Å². The van der Waals surface area contributed by atoms with Crippen LogP contribution in [0.1, 0.15) is 19.3 Å². The van der Waals surface area contributed by atoms with E-state index in [1.54, 1.807) is 0 Å². The highest BCUT2D eigenvalue weighted by atomic mass is 16.3. The Bertz CT molecular complexity index is 113. The number of piperidine rings is 1. The first-order valence-corrected chi connectivity index (χ1v) is 3.79. The fourth-order valence-electron chi connectivity index (χ4n) is 1.94.